The number of nitrogens with one attached hydrogen (secondary N) is 3. The van der Waals surface area contributed by atoms with Gasteiger partial charge in [0.15, 0.2) is 0 Å². The van der Waals surface area contributed by atoms with Crippen LogP contribution in [0.1, 0.15) is 39.2 Å². The third-order valence-corrected chi connectivity index (χ3v) is 5.04. The number of carboxylic acids is 2. The lowest BCUT2D eigenvalue weighted by Gasteiger charge is -2.24. The summed E-state index contributed by atoms with van der Waals surface area (Å²) < 4.78 is 0. The zero-order chi connectivity index (χ0) is 26.0. The molecular formula is C22H32N4O8. The summed E-state index contributed by atoms with van der Waals surface area (Å²) in [5.41, 5.74) is 6.27. The maximum absolute atomic E-state index is 12.8. The number of phenolic OH excluding ortho intramolecular Hbond substituents is 1. The van der Waals surface area contributed by atoms with Gasteiger partial charge in [-0.2, -0.15) is 0 Å². The van der Waals surface area contributed by atoms with E-state index in [1.54, 1.807) is 13.8 Å². The summed E-state index contributed by atoms with van der Waals surface area (Å²) in [6, 6.07) is 1.06. The van der Waals surface area contributed by atoms with E-state index in [1.165, 1.54) is 31.2 Å². The summed E-state index contributed by atoms with van der Waals surface area (Å²) >= 11 is 0. The number of hydrogen-bond acceptors (Lipinski definition) is 7. The molecule has 12 nitrogen and oxygen atoms in total. The first kappa shape index (κ1) is 28.4. The molecule has 0 aliphatic rings. The Morgan fingerprint density at radius 1 is 0.853 bits per heavy atom. The van der Waals surface area contributed by atoms with Crippen LogP contribution in [-0.2, 0) is 30.4 Å². The van der Waals surface area contributed by atoms with Crippen molar-refractivity contribution in [2.75, 3.05) is 0 Å². The number of carboxylic acid groups (broad SMARTS) is 2. The number of aliphatic carboxylic acids is 2. The predicted octanol–water partition coefficient (Wildman–Crippen LogP) is -0.658. The van der Waals surface area contributed by atoms with Gasteiger partial charge in [-0.3, -0.25) is 19.2 Å². The summed E-state index contributed by atoms with van der Waals surface area (Å²) in [7, 11) is 0. The van der Waals surface area contributed by atoms with E-state index >= 15 is 0 Å². The van der Waals surface area contributed by atoms with Crippen LogP contribution < -0.4 is 21.7 Å². The molecule has 1 aromatic rings. The highest BCUT2D eigenvalue weighted by Crippen LogP contribution is 2.12. The van der Waals surface area contributed by atoms with Crippen LogP contribution in [0.2, 0.25) is 0 Å². The highest BCUT2D eigenvalue weighted by molar-refractivity contribution is 5.94. The number of nitrogens with two attached hydrogens (primary N) is 1. The molecule has 4 atom stereocenters. The van der Waals surface area contributed by atoms with Gasteiger partial charge in [-0.25, -0.2) is 4.79 Å². The molecule has 188 valence electrons. The molecular weight excluding hydrogens is 448 g/mol. The van der Waals surface area contributed by atoms with Crippen molar-refractivity contribution < 1.29 is 39.3 Å². The van der Waals surface area contributed by atoms with Crippen molar-refractivity contribution in [1.29, 1.82) is 0 Å². The van der Waals surface area contributed by atoms with Crippen molar-refractivity contribution in [3.8, 4) is 5.75 Å². The number of hydrogen-bond donors (Lipinski definition) is 7. The third-order valence-electron chi connectivity index (χ3n) is 5.04. The third kappa shape index (κ3) is 9.45. The van der Waals surface area contributed by atoms with Gasteiger partial charge in [0, 0.05) is 12.8 Å². The van der Waals surface area contributed by atoms with Gasteiger partial charge in [0.2, 0.25) is 17.7 Å². The van der Waals surface area contributed by atoms with Crippen LogP contribution in [0, 0.1) is 5.92 Å². The van der Waals surface area contributed by atoms with E-state index in [0.29, 0.717) is 5.56 Å². The predicted molar refractivity (Wildman–Crippen MR) is 121 cm³/mol. The fraction of sp³-hybridized carbons (Fsp3) is 0.500. The first-order valence-corrected chi connectivity index (χ1v) is 10.7. The van der Waals surface area contributed by atoms with Crippen LogP contribution in [0.4, 0.5) is 0 Å². The quantitative estimate of drug-likeness (QED) is 0.191. The molecule has 0 fully saturated rings. The van der Waals surface area contributed by atoms with Gasteiger partial charge in [0.05, 0.1) is 6.04 Å². The lowest BCUT2D eigenvalue weighted by atomic mass is 10.0. The second-order valence-corrected chi connectivity index (χ2v) is 8.26. The summed E-state index contributed by atoms with van der Waals surface area (Å²) in [6.45, 7) is 4.84. The van der Waals surface area contributed by atoms with Crippen LogP contribution in [0.3, 0.4) is 0 Å². The van der Waals surface area contributed by atoms with Gasteiger partial charge >= 0.3 is 11.9 Å². The monoisotopic (exact) mass is 480 g/mol. The normalized spacial score (nSPS) is 14.4. The van der Waals surface area contributed by atoms with Gasteiger partial charge in [-0.05, 0) is 37.0 Å². The Morgan fingerprint density at radius 2 is 1.41 bits per heavy atom. The number of aromatic hydroxyl groups is 1. The maximum Gasteiger partial charge on any atom is 0.326 e. The van der Waals surface area contributed by atoms with Gasteiger partial charge in [0.1, 0.15) is 23.9 Å². The van der Waals surface area contributed by atoms with Gasteiger partial charge in [-0.1, -0.05) is 26.0 Å². The Bertz CT molecular complexity index is 887. The second kappa shape index (κ2) is 13.1. The minimum absolute atomic E-state index is 0.00771. The summed E-state index contributed by atoms with van der Waals surface area (Å²) in [4.78, 5) is 60.1. The number of amides is 3. The van der Waals surface area contributed by atoms with Crippen molar-refractivity contribution >= 4 is 29.7 Å². The molecule has 4 unspecified atom stereocenters. The van der Waals surface area contributed by atoms with E-state index in [0.717, 1.165) is 0 Å². The molecule has 1 rings (SSSR count). The van der Waals surface area contributed by atoms with Gasteiger partial charge in [0.25, 0.3) is 0 Å². The highest BCUT2D eigenvalue weighted by atomic mass is 16.4. The van der Waals surface area contributed by atoms with E-state index in [2.05, 4.69) is 16.0 Å². The van der Waals surface area contributed by atoms with Crippen molar-refractivity contribution in [3.05, 3.63) is 29.8 Å². The molecule has 1 aromatic carbocycles. The number of carbonyl (C=O) groups is 5. The van der Waals surface area contributed by atoms with E-state index in [-0.39, 0.29) is 24.5 Å². The van der Waals surface area contributed by atoms with E-state index in [9.17, 15) is 34.2 Å². The maximum atomic E-state index is 12.8. The standard InChI is InChI=1S/C22H32N4O8/c1-11(2)18(23)21(32)24-12(3)19(30)25-15(8-9-17(28)29)20(31)26-16(22(33)34)10-13-4-6-14(27)7-5-13/h4-7,11-12,15-16,18,27H,8-10,23H2,1-3H3,(H,24,32)(H,25,30)(H,26,31)(H,28,29)(H,33,34). The van der Waals surface area contributed by atoms with Crippen molar-refractivity contribution in [2.24, 2.45) is 11.7 Å². The number of benzene rings is 1. The zero-order valence-corrected chi connectivity index (χ0v) is 19.3. The fourth-order valence-electron chi connectivity index (χ4n) is 2.85. The molecule has 0 aliphatic carbocycles. The van der Waals surface area contributed by atoms with E-state index in [1.807, 2.05) is 0 Å². The highest BCUT2D eigenvalue weighted by Gasteiger charge is 2.29. The Balaban J connectivity index is 2.90. The Morgan fingerprint density at radius 3 is 1.91 bits per heavy atom. The minimum Gasteiger partial charge on any atom is -0.508 e. The van der Waals surface area contributed by atoms with E-state index in [4.69, 9.17) is 10.8 Å². The van der Waals surface area contributed by atoms with Crippen molar-refractivity contribution in [2.45, 2.75) is 64.2 Å². The fourth-order valence-corrected chi connectivity index (χ4v) is 2.85. The molecule has 3 amide bonds. The van der Waals surface area contributed by atoms with Crippen molar-refractivity contribution in [1.82, 2.24) is 16.0 Å². The number of rotatable bonds is 13. The summed E-state index contributed by atoms with van der Waals surface area (Å²) in [5.74, 6) is -4.96. The molecule has 12 heteroatoms. The molecule has 8 N–H and O–H groups in total. The van der Waals surface area contributed by atoms with Gasteiger partial charge in [-0.15, -0.1) is 0 Å². The Labute approximate surface area is 196 Å². The first-order valence-electron chi connectivity index (χ1n) is 10.7. The molecule has 0 spiro atoms. The molecule has 0 aromatic heterocycles. The summed E-state index contributed by atoms with van der Waals surface area (Å²) in [5, 5.41) is 34.9. The molecule has 0 bridgehead atoms. The topological polar surface area (TPSA) is 208 Å². The molecule has 34 heavy (non-hydrogen) atoms. The lowest BCUT2D eigenvalue weighted by molar-refractivity contribution is -0.143. The molecule has 0 saturated carbocycles. The Kier molecular flexibility index (Phi) is 11.0. The first-order chi connectivity index (χ1) is 15.8. The lowest BCUT2D eigenvalue weighted by Crippen LogP contribution is -2.57. The number of carbonyl (C=O) groups excluding carboxylic acids is 3. The second-order valence-electron chi connectivity index (χ2n) is 8.26. The zero-order valence-electron chi connectivity index (χ0n) is 19.3. The SMILES string of the molecule is CC(NC(=O)C(N)C(C)C)C(=O)NC(CCC(=O)O)C(=O)NC(Cc1ccc(O)cc1)C(=O)O. The largest absolute Gasteiger partial charge is 0.508 e. The molecule has 0 saturated heterocycles. The van der Waals surface area contributed by atoms with Crippen LogP contribution in [0.15, 0.2) is 24.3 Å². The minimum atomic E-state index is -1.37. The average molecular weight is 481 g/mol. The summed E-state index contributed by atoms with van der Waals surface area (Å²) in [6.07, 6.45) is -0.877. The van der Waals surface area contributed by atoms with E-state index < -0.39 is 60.2 Å². The van der Waals surface area contributed by atoms with Crippen LogP contribution in [-0.4, -0.2) is 69.1 Å². The molecule has 0 heterocycles. The van der Waals surface area contributed by atoms with Crippen LogP contribution in [0.25, 0.3) is 0 Å². The average Bonchev–Trinajstić information content (AvgIpc) is 2.76. The van der Waals surface area contributed by atoms with Crippen LogP contribution in [0.5, 0.6) is 5.75 Å². The smallest absolute Gasteiger partial charge is 0.326 e. The Hall–Kier alpha value is -3.67. The molecule has 0 aliphatic heterocycles. The van der Waals surface area contributed by atoms with Crippen molar-refractivity contribution in [3.63, 3.8) is 0 Å². The van der Waals surface area contributed by atoms with Crippen LogP contribution >= 0.6 is 0 Å². The molecule has 0 radical (unpaired) electrons. The number of phenols is 1. The van der Waals surface area contributed by atoms with Gasteiger partial charge < -0.3 is 37.0 Å².